The number of benzene rings is 2. The molecule has 2 amide bonds. The van der Waals surface area contributed by atoms with E-state index in [0.29, 0.717) is 22.9 Å². The predicted octanol–water partition coefficient (Wildman–Crippen LogP) is 4.40. The van der Waals surface area contributed by atoms with Gasteiger partial charge in [-0.1, -0.05) is 12.1 Å². The molecule has 1 fully saturated rings. The van der Waals surface area contributed by atoms with Crippen LogP contribution in [0.4, 0.5) is 36.7 Å². The number of nitrogens with one attached hydrogen (secondary N) is 2. The van der Waals surface area contributed by atoms with Gasteiger partial charge in [-0.25, -0.2) is 37.0 Å². The molecule has 0 atom stereocenters. The lowest BCUT2D eigenvalue weighted by atomic mass is 10.1. The minimum Gasteiger partial charge on any atom is -0.351 e. The lowest BCUT2D eigenvalue weighted by Crippen LogP contribution is -2.51. The van der Waals surface area contributed by atoms with Gasteiger partial charge >= 0.3 is 6.03 Å². The van der Waals surface area contributed by atoms with Crippen molar-refractivity contribution in [2.75, 3.05) is 47.0 Å². The van der Waals surface area contributed by atoms with Crippen molar-refractivity contribution in [3.8, 4) is 0 Å². The van der Waals surface area contributed by atoms with Crippen LogP contribution in [-0.4, -0.2) is 73.7 Å². The van der Waals surface area contributed by atoms with Crippen molar-refractivity contribution in [3.63, 3.8) is 0 Å². The fraction of sp³-hybridized carbons (Fsp3) is 0.414. The van der Waals surface area contributed by atoms with Crippen LogP contribution in [0.5, 0.6) is 0 Å². The van der Waals surface area contributed by atoms with Gasteiger partial charge < -0.3 is 5.32 Å². The molecule has 3 aromatic rings. The molecule has 0 spiro atoms. The van der Waals surface area contributed by atoms with Crippen molar-refractivity contribution in [2.45, 2.75) is 51.1 Å². The van der Waals surface area contributed by atoms with Crippen LogP contribution in [0, 0.1) is 11.6 Å². The Balaban J connectivity index is 1.32. The normalized spacial score (nSPS) is 16.6. The first-order chi connectivity index (χ1) is 20.4. The van der Waals surface area contributed by atoms with Gasteiger partial charge in [-0.05, 0) is 62.6 Å². The quantitative estimate of drug-likeness (QED) is 0.365. The summed E-state index contributed by atoms with van der Waals surface area (Å²) < 4.78 is 55.8. The number of aromatic nitrogens is 2. The van der Waals surface area contributed by atoms with Crippen LogP contribution < -0.4 is 19.8 Å². The van der Waals surface area contributed by atoms with Gasteiger partial charge in [0.25, 0.3) is 0 Å². The summed E-state index contributed by atoms with van der Waals surface area (Å²) in [6, 6.07) is 8.49. The molecule has 2 aliphatic heterocycles. The number of urea groups is 1. The number of hydrogen-bond donors (Lipinski definition) is 2. The van der Waals surface area contributed by atoms with Crippen LogP contribution in [0.2, 0.25) is 0 Å². The van der Waals surface area contributed by atoms with Crippen molar-refractivity contribution in [1.29, 1.82) is 0 Å². The number of anilines is 4. The summed E-state index contributed by atoms with van der Waals surface area (Å²) in [5, 5.41) is 7.79. The standard InChI is InChI=1S/C29H36F2N8O3S/c1-19(2)39-27-21(16-32-28(34-27)33-23-11-13-37(14-12-23)36(3)4)17-38(29(39)40)24-9-10-26(25(31)15-24)35-43(41,42)18-20-5-7-22(30)8-6-20/h5-10,15-16,19,23,35H,11-14,17-18H2,1-4H3,(H,32,33,34). The second kappa shape index (κ2) is 12.4. The van der Waals surface area contributed by atoms with Crippen molar-refractivity contribution in [2.24, 2.45) is 0 Å². The average molecular weight is 615 g/mol. The number of carbonyl (C=O) groups is 1. The maximum absolute atomic E-state index is 15.2. The fourth-order valence-corrected chi connectivity index (χ4v) is 6.47. The van der Waals surface area contributed by atoms with Crippen LogP contribution in [0.1, 0.15) is 37.8 Å². The number of hydrazine groups is 1. The molecule has 2 aliphatic rings. The summed E-state index contributed by atoms with van der Waals surface area (Å²) in [6.45, 7) is 5.71. The van der Waals surface area contributed by atoms with E-state index in [-0.39, 0.29) is 36.0 Å². The van der Waals surface area contributed by atoms with Crippen molar-refractivity contribution in [3.05, 3.63) is 71.4 Å². The van der Waals surface area contributed by atoms with Crippen molar-refractivity contribution in [1.82, 2.24) is 20.0 Å². The maximum atomic E-state index is 15.2. The van der Waals surface area contributed by atoms with E-state index in [2.05, 4.69) is 25.0 Å². The number of fused-ring (bicyclic) bond motifs is 1. The fourth-order valence-electron chi connectivity index (χ4n) is 5.26. The lowest BCUT2D eigenvalue weighted by Gasteiger charge is -2.38. The Morgan fingerprint density at radius 1 is 1.07 bits per heavy atom. The molecular weight excluding hydrogens is 578 g/mol. The number of nitrogens with zero attached hydrogens (tertiary/aromatic N) is 6. The van der Waals surface area contributed by atoms with Crippen LogP contribution in [0.3, 0.4) is 0 Å². The van der Waals surface area contributed by atoms with E-state index in [1.165, 1.54) is 29.2 Å². The first kappa shape index (κ1) is 30.6. The lowest BCUT2D eigenvalue weighted by molar-refractivity contribution is 0.00469. The third kappa shape index (κ3) is 7.03. The molecule has 0 bridgehead atoms. The highest BCUT2D eigenvalue weighted by Gasteiger charge is 2.35. The third-order valence-corrected chi connectivity index (χ3v) is 8.77. The first-order valence-corrected chi connectivity index (χ1v) is 15.8. The minimum absolute atomic E-state index is 0.119. The molecule has 11 nitrogen and oxygen atoms in total. The minimum atomic E-state index is -3.98. The summed E-state index contributed by atoms with van der Waals surface area (Å²) in [4.78, 5) is 25.9. The van der Waals surface area contributed by atoms with Gasteiger partial charge in [0.2, 0.25) is 16.0 Å². The Morgan fingerprint density at radius 3 is 2.40 bits per heavy atom. The molecule has 1 saturated heterocycles. The number of rotatable bonds is 9. The maximum Gasteiger partial charge on any atom is 0.330 e. The zero-order valence-corrected chi connectivity index (χ0v) is 25.4. The van der Waals surface area contributed by atoms with E-state index < -0.39 is 27.4 Å². The number of halogens is 2. The molecule has 14 heteroatoms. The van der Waals surface area contributed by atoms with E-state index in [1.807, 2.05) is 27.9 Å². The Morgan fingerprint density at radius 2 is 1.77 bits per heavy atom. The zero-order chi connectivity index (χ0) is 30.9. The molecule has 230 valence electrons. The van der Waals surface area contributed by atoms with Gasteiger partial charge in [-0.15, -0.1) is 0 Å². The van der Waals surface area contributed by atoms with E-state index in [1.54, 1.807) is 11.1 Å². The van der Waals surface area contributed by atoms with Crippen LogP contribution in [0.15, 0.2) is 48.7 Å². The van der Waals surface area contributed by atoms with Crippen LogP contribution in [0.25, 0.3) is 0 Å². The smallest absolute Gasteiger partial charge is 0.330 e. The highest BCUT2D eigenvalue weighted by molar-refractivity contribution is 7.91. The first-order valence-electron chi connectivity index (χ1n) is 14.1. The zero-order valence-electron chi connectivity index (χ0n) is 24.6. The number of amides is 2. The summed E-state index contributed by atoms with van der Waals surface area (Å²) >= 11 is 0. The average Bonchev–Trinajstić information content (AvgIpc) is 2.95. The number of piperidine rings is 1. The molecule has 43 heavy (non-hydrogen) atoms. The summed E-state index contributed by atoms with van der Waals surface area (Å²) in [5.74, 6) is -0.819. The number of carbonyl (C=O) groups excluding carboxylic acids is 1. The largest absolute Gasteiger partial charge is 0.351 e. The molecule has 5 rings (SSSR count). The van der Waals surface area contributed by atoms with Crippen LogP contribution in [-0.2, 0) is 22.3 Å². The molecule has 3 heterocycles. The molecule has 2 aromatic carbocycles. The summed E-state index contributed by atoms with van der Waals surface area (Å²) in [7, 11) is 0.0809. The Labute approximate surface area is 250 Å². The Hall–Kier alpha value is -3.88. The van der Waals surface area contributed by atoms with E-state index in [0.717, 1.165) is 44.1 Å². The topological polar surface area (TPSA) is 114 Å². The highest BCUT2D eigenvalue weighted by Crippen LogP contribution is 2.34. The monoisotopic (exact) mass is 614 g/mol. The Kier molecular flexibility index (Phi) is 8.81. The van der Waals surface area contributed by atoms with Crippen molar-refractivity contribution >= 4 is 39.2 Å². The molecular formula is C29H36F2N8O3S. The summed E-state index contributed by atoms with van der Waals surface area (Å²) in [6.07, 6.45) is 3.55. The second-order valence-electron chi connectivity index (χ2n) is 11.2. The Bertz CT molecular complexity index is 1580. The second-order valence-corrected chi connectivity index (χ2v) is 13.0. The number of sulfonamides is 1. The number of hydrogen-bond acceptors (Lipinski definition) is 8. The van der Waals surface area contributed by atoms with E-state index >= 15 is 4.39 Å². The van der Waals surface area contributed by atoms with Gasteiger partial charge in [0.15, 0.2) is 0 Å². The van der Waals surface area contributed by atoms with Gasteiger partial charge in [0, 0.05) is 56.7 Å². The van der Waals surface area contributed by atoms with Gasteiger partial charge in [0.05, 0.1) is 18.0 Å². The van der Waals surface area contributed by atoms with E-state index in [9.17, 15) is 17.6 Å². The van der Waals surface area contributed by atoms with Crippen molar-refractivity contribution < 1.29 is 22.0 Å². The highest BCUT2D eigenvalue weighted by atomic mass is 32.2. The molecule has 2 N–H and O–H groups in total. The predicted molar refractivity (Wildman–Crippen MR) is 162 cm³/mol. The van der Waals surface area contributed by atoms with Gasteiger partial charge in [-0.3, -0.25) is 14.5 Å². The molecule has 0 aliphatic carbocycles. The summed E-state index contributed by atoms with van der Waals surface area (Å²) in [5.41, 5.74) is 1.06. The third-order valence-electron chi connectivity index (χ3n) is 7.52. The SMILES string of the molecule is CC(C)N1C(=O)N(c2ccc(NS(=O)(=O)Cc3ccc(F)cc3)c(F)c2)Cc2cnc(NC3CCN(N(C)C)CC3)nc21. The molecule has 0 unspecified atom stereocenters. The molecule has 0 saturated carbocycles. The van der Waals surface area contributed by atoms with Crippen LogP contribution >= 0.6 is 0 Å². The van der Waals surface area contributed by atoms with E-state index in [4.69, 9.17) is 4.98 Å². The van der Waals surface area contributed by atoms with Gasteiger partial charge in [0.1, 0.15) is 17.5 Å². The van der Waals surface area contributed by atoms with Gasteiger partial charge in [-0.2, -0.15) is 4.98 Å². The molecule has 1 aromatic heterocycles. The molecule has 0 radical (unpaired) electrons.